The van der Waals surface area contributed by atoms with Gasteiger partial charge >= 0.3 is 5.97 Å². The average molecular weight is 330 g/mol. The summed E-state index contributed by atoms with van der Waals surface area (Å²) < 4.78 is 27.9. The van der Waals surface area contributed by atoms with Crippen LogP contribution in [0.4, 0.5) is 0 Å². The molecular weight excluding hydrogens is 304 g/mol. The Balaban J connectivity index is 2.14. The average Bonchev–Trinajstić information content (AvgIpc) is 2.96. The number of hydrogen-bond acceptors (Lipinski definition) is 7. The van der Waals surface area contributed by atoms with Crippen LogP contribution < -0.4 is 0 Å². The van der Waals surface area contributed by atoms with Crippen molar-refractivity contribution in [1.82, 2.24) is 0 Å². The molecule has 1 N–H and O–H groups in total. The van der Waals surface area contributed by atoms with Crippen LogP contribution in [0.25, 0.3) is 0 Å². The van der Waals surface area contributed by atoms with E-state index in [2.05, 4.69) is 6.58 Å². The predicted octanol–water partition coefficient (Wildman–Crippen LogP) is 1.14. The summed E-state index contributed by atoms with van der Waals surface area (Å²) in [5.74, 6) is -2.30. The Labute approximate surface area is 136 Å². The third-order valence-electron chi connectivity index (χ3n) is 3.77. The molecule has 2 saturated heterocycles. The molecule has 132 valence electrons. The van der Waals surface area contributed by atoms with Gasteiger partial charge < -0.3 is 28.8 Å². The van der Waals surface area contributed by atoms with Crippen LogP contribution in [-0.4, -0.2) is 60.3 Å². The van der Waals surface area contributed by atoms with Crippen molar-refractivity contribution in [3.63, 3.8) is 0 Å². The van der Waals surface area contributed by atoms with E-state index >= 15 is 0 Å². The fraction of sp³-hybridized carbons (Fsp3) is 0.812. The molecule has 2 rings (SSSR count). The van der Waals surface area contributed by atoms with Crippen LogP contribution in [0.3, 0.4) is 0 Å². The van der Waals surface area contributed by atoms with Gasteiger partial charge in [0.15, 0.2) is 11.6 Å². The van der Waals surface area contributed by atoms with Crippen molar-refractivity contribution in [1.29, 1.82) is 0 Å². The zero-order valence-corrected chi connectivity index (χ0v) is 14.3. The lowest BCUT2D eigenvalue weighted by Gasteiger charge is -2.26. The van der Waals surface area contributed by atoms with E-state index in [-0.39, 0.29) is 12.2 Å². The second-order valence-electron chi connectivity index (χ2n) is 6.62. The van der Waals surface area contributed by atoms with Gasteiger partial charge in [-0.05, 0) is 34.6 Å². The SMILES string of the molecule is C=C(C(=O)OCC)[C@@H](O)[C@@H]1OC(C)(C)O[C@@H]1[C@H]1COC(C)(C)O1. The summed E-state index contributed by atoms with van der Waals surface area (Å²) in [6.07, 6.45) is -3.06. The number of rotatable bonds is 5. The molecule has 2 heterocycles. The van der Waals surface area contributed by atoms with E-state index in [1.807, 2.05) is 0 Å². The highest BCUT2D eigenvalue weighted by Gasteiger charge is 2.52. The zero-order chi connectivity index (χ0) is 17.4. The lowest BCUT2D eigenvalue weighted by atomic mass is 9.98. The molecule has 0 aromatic carbocycles. The highest BCUT2D eigenvalue weighted by atomic mass is 16.8. The molecule has 2 aliphatic rings. The lowest BCUT2D eigenvalue weighted by molar-refractivity contribution is -0.175. The quantitative estimate of drug-likeness (QED) is 0.598. The molecule has 7 heteroatoms. The molecule has 0 aromatic heterocycles. The Morgan fingerprint density at radius 3 is 2.43 bits per heavy atom. The van der Waals surface area contributed by atoms with Crippen molar-refractivity contribution < 1.29 is 33.6 Å². The predicted molar refractivity (Wildman–Crippen MR) is 80.5 cm³/mol. The van der Waals surface area contributed by atoms with Crippen LogP contribution in [0.5, 0.6) is 0 Å². The smallest absolute Gasteiger partial charge is 0.336 e. The minimum atomic E-state index is -1.26. The molecule has 0 aliphatic carbocycles. The second-order valence-corrected chi connectivity index (χ2v) is 6.62. The summed E-state index contributed by atoms with van der Waals surface area (Å²) in [6, 6.07) is 0. The van der Waals surface area contributed by atoms with Gasteiger partial charge in [0, 0.05) is 0 Å². The highest BCUT2D eigenvalue weighted by molar-refractivity contribution is 5.88. The van der Waals surface area contributed by atoms with Gasteiger partial charge in [-0.3, -0.25) is 0 Å². The molecule has 0 spiro atoms. The molecule has 4 atom stereocenters. The van der Waals surface area contributed by atoms with Gasteiger partial charge in [0.05, 0.1) is 18.8 Å². The van der Waals surface area contributed by atoms with Gasteiger partial charge in [0.1, 0.15) is 24.4 Å². The summed E-state index contributed by atoms with van der Waals surface area (Å²) in [7, 11) is 0. The van der Waals surface area contributed by atoms with Crippen molar-refractivity contribution in [2.24, 2.45) is 0 Å². The van der Waals surface area contributed by atoms with Crippen molar-refractivity contribution >= 4 is 5.97 Å². The van der Waals surface area contributed by atoms with Gasteiger partial charge in [-0.15, -0.1) is 0 Å². The second kappa shape index (κ2) is 6.49. The summed E-state index contributed by atoms with van der Waals surface area (Å²) in [5, 5.41) is 10.5. The van der Waals surface area contributed by atoms with Crippen molar-refractivity contribution in [2.75, 3.05) is 13.2 Å². The lowest BCUT2D eigenvalue weighted by Crippen LogP contribution is -2.45. The monoisotopic (exact) mass is 330 g/mol. The van der Waals surface area contributed by atoms with E-state index in [4.69, 9.17) is 23.7 Å². The number of carbonyl (C=O) groups excluding carboxylic acids is 1. The Morgan fingerprint density at radius 1 is 1.26 bits per heavy atom. The molecule has 0 radical (unpaired) electrons. The highest BCUT2D eigenvalue weighted by Crippen LogP contribution is 2.37. The first-order valence-electron chi connectivity index (χ1n) is 7.77. The summed E-state index contributed by atoms with van der Waals surface area (Å²) in [4.78, 5) is 11.8. The van der Waals surface area contributed by atoms with Crippen molar-refractivity contribution in [3.05, 3.63) is 12.2 Å². The van der Waals surface area contributed by atoms with Gasteiger partial charge in [0.25, 0.3) is 0 Å². The van der Waals surface area contributed by atoms with E-state index < -0.39 is 42.0 Å². The first-order valence-corrected chi connectivity index (χ1v) is 7.77. The van der Waals surface area contributed by atoms with Crippen LogP contribution in [-0.2, 0) is 28.5 Å². The van der Waals surface area contributed by atoms with Crippen LogP contribution in [0.2, 0.25) is 0 Å². The third kappa shape index (κ3) is 4.10. The standard InChI is InChI=1S/C16H26O7/c1-7-19-14(18)9(2)11(17)13-12(22-16(5,6)23-13)10-8-20-15(3,4)21-10/h10-13,17H,2,7-8H2,1,3-6H3/t10-,11-,12-,13+/m1/s1. The molecular formula is C16H26O7. The Kier molecular flexibility index (Phi) is 5.18. The maximum absolute atomic E-state index is 11.8. The number of hydrogen-bond donors (Lipinski definition) is 1. The first-order chi connectivity index (χ1) is 10.6. The maximum atomic E-state index is 11.8. The fourth-order valence-electron chi connectivity index (χ4n) is 2.77. The first kappa shape index (κ1) is 18.4. The van der Waals surface area contributed by atoms with E-state index in [0.717, 1.165) is 0 Å². The summed E-state index contributed by atoms with van der Waals surface area (Å²) in [5.41, 5.74) is -0.0682. The molecule has 7 nitrogen and oxygen atoms in total. The zero-order valence-electron chi connectivity index (χ0n) is 14.3. The maximum Gasteiger partial charge on any atom is 0.336 e. The molecule has 2 fully saturated rings. The van der Waals surface area contributed by atoms with Crippen LogP contribution >= 0.6 is 0 Å². The molecule has 2 aliphatic heterocycles. The Hall–Kier alpha value is -0.990. The number of esters is 1. The Bertz CT molecular complexity index is 471. The number of ether oxygens (including phenoxy) is 5. The topological polar surface area (TPSA) is 83.5 Å². The van der Waals surface area contributed by atoms with Gasteiger partial charge in [0.2, 0.25) is 0 Å². The molecule has 0 amide bonds. The van der Waals surface area contributed by atoms with Gasteiger partial charge in [-0.25, -0.2) is 4.79 Å². The molecule has 23 heavy (non-hydrogen) atoms. The number of aliphatic hydroxyl groups excluding tert-OH is 1. The third-order valence-corrected chi connectivity index (χ3v) is 3.77. The van der Waals surface area contributed by atoms with Gasteiger partial charge in [-0.1, -0.05) is 6.58 Å². The van der Waals surface area contributed by atoms with Gasteiger partial charge in [-0.2, -0.15) is 0 Å². The van der Waals surface area contributed by atoms with E-state index in [1.165, 1.54) is 0 Å². The number of aliphatic hydroxyl groups is 1. The van der Waals surface area contributed by atoms with E-state index in [9.17, 15) is 9.90 Å². The molecule has 0 saturated carbocycles. The minimum Gasteiger partial charge on any atom is -0.463 e. The van der Waals surface area contributed by atoms with Crippen molar-refractivity contribution in [2.45, 2.75) is 70.6 Å². The van der Waals surface area contributed by atoms with E-state index in [0.29, 0.717) is 6.61 Å². The summed E-state index contributed by atoms with van der Waals surface area (Å²) in [6.45, 7) is 12.9. The van der Waals surface area contributed by atoms with Crippen LogP contribution in [0, 0.1) is 0 Å². The summed E-state index contributed by atoms with van der Waals surface area (Å²) >= 11 is 0. The van der Waals surface area contributed by atoms with E-state index in [1.54, 1.807) is 34.6 Å². The molecule has 0 unspecified atom stereocenters. The van der Waals surface area contributed by atoms with Crippen molar-refractivity contribution in [3.8, 4) is 0 Å². The minimum absolute atomic E-state index is 0.0682. The molecule has 0 aromatic rings. The van der Waals surface area contributed by atoms with Crippen LogP contribution in [0.1, 0.15) is 34.6 Å². The normalized spacial score (nSPS) is 33.4. The molecule has 0 bridgehead atoms. The fourth-order valence-corrected chi connectivity index (χ4v) is 2.77. The number of carbonyl (C=O) groups is 1. The Morgan fingerprint density at radius 2 is 1.91 bits per heavy atom. The van der Waals surface area contributed by atoms with Crippen LogP contribution in [0.15, 0.2) is 12.2 Å². The largest absolute Gasteiger partial charge is 0.463 e.